The molecule has 1 aliphatic heterocycles. The van der Waals surface area contributed by atoms with Crippen LogP contribution in [0.15, 0.2) is 0 Å². The van der Waals surface area contributed by atoms with E-state index in [4.69, 9.17) is 5.11 Å². The van der Waals surface area contributed by atoms with Crippen LogP contribution in [0.25, 0.3) is 0 Å². The summed E-state index contributed by atoms with van der Waals surface area (Å²) in [6, 6.07) is 0. The number of carbonyl (C=O) groups is 2. The predicted molar refractivity (Wildman–Crippen MR) is 28.6 cm³/mol. The summed E-state index contributed by atoms with van der Waals surface area (Å²) >= 11 is -0.897. The standard InChI is InChI=1S/C4H4O5Se/c5-2-1-3(6)8-10-9-4(2)7/h2,5H,1H2. The third-order valence-electron chi connectivity index (χ3n) is 0.875. The topological polar surface area (TPSA) is 72.8 Å². The van der Waals surface area contributed by atoms with Crippen LogP contribution in [0.5, 0.6) is 0 Å². The van der Waals surface area contributed by atoms with Crippen molar-refractivity contribution >= 4 is 27.6 Å². The first-order chi connectivity index (χ1) is 4.70. The summed E-state index contributed by atoms with van der Waals surface area (Å²) in [6.45, 7) is 0. The average molecular weight is 211 g/mol. The van der Waals surface area contributed by atoms with E-state index in [1.807, 2.05) is 0 Å². The Labute approximate surface area is 63.1 Å². The number of carbonyl (C=O) groups excluding carboxylic acids is 2. The fraction of sp³-hybridized carbons (Fsp3) is 0.500. The summed E-state index contributed by atoms with van der Waals surface area (Å²) in [5.41, 5.74) is 0. The third kappa shape index (κ3) is 1.70. The monoisotopic (exact) mass is 212 g/mol. The van der Waals surface area contributed by atoms with Gasteiger partial charge in [-0.2, -0.15) is 0 Å². The molecule has 0 spiro atoms. The summed E-state index contributed by atoms with van der Waals surface area (Å²) in [7, 11) is 0. The Balaban J connectivity index is 2.57. The van der Waals surface area contributed by atoms with E-state index in [0.717, 1.165) is 0 Å². The van der Waals surface area contributed by atoms with Crippen molar-refractivity contribution in [3.63, 3.8) is 0 Å². The van der Waals surface area contributed by atoms with Crippen molar-refractivity contribution < 1.29 is 22.3 Å². The van der Waals surface area contributed by atoms with Gasteiger partial charge in [0.2, 0.25) is 0 Å². The maximum absolute atomic E-state index is 10.5. The molecule has 1 heterocycles. The zero-order valence-corrected chi connectivity index (χ0v) is 6.49. The van der Waals surface area contributed by atoms with Gasteiger partial charge < -0.3 is 0 Å². The second kappa shape index (κ2) is 3.00. The van der Waals surface area contributed by atoms with E-state index in [0.29, 0.717) is 0 Å². The molecule has 5 nitrogen and oxygen atoms in total. The van der Waals surface area contributed by atoms with Crippen LogP contribution in [0, 0.1) is 0 Å². The fourth-order valence-electron chi connectivity index (χ4n) is 0.419. The molecule has 0 saturated carbocycles. The molecule has 6 heteroatoms. The summed E-state index contributed by atoms with van der Waals surface area (Å²) in [5.74, 6) is -1.38. The first-order valence-corrected chi connectivity index (χ1v) is 3.86. The van der Waals surface area contributed by atoms with Crippen molar-refractivity contribution in [2.75, 3.05) is 0 Å². The zero-order valence-electron chi connectivity index (χ0n) is 4.77. The average Bonchev–Trinajstić information content (AvgIpc) is 1.96. The van der Waals surface area contributed by atoms with Gasteiger partial charge in [-0.25, -0.2) is 0 Å². The maximum atomic E-state index is 10.5. The number of hydrogen-bond donors (Lipinski definition) is 1. The molecule has 0 radical (unpaired) electrons. The second-order valence-corrected chi connectivity index (χ2v) is 2.63. The third-order valence-corrected chi connectivity index (χ3v) is 1.90. The van der Waals surface area contributed by atoms with Crippen LogP contribution < -0.4 is 0 Å². The van der Waals surface area contributed by atoms with Crippen LogP contribution in [-0.2, 0) is 17.2 Å². The molecule has 0 aromatic carbocycles. The Hall–Kier alpha value is -0.581. The molecular weight excluding hydrogens is 207 g/mol. The van der Waals surface area contributed by atoms with Crippen LogP contribution in [0.2, 0.25) is 0 Å². The Kier molecular flexibility index (Phi) is 2.26. The van der Waals surface area contributed by atoms with E-state index in [-0.39, 0.29) is 6.42 Å². The van der Waals surface area contributed by atoms with Crippen molar-refractivity contribution in [3.05, 3.63) is 0 Å². The molecule has 56 valence electrons. The van der Waals surface area contributed by atoms with Crippen molar-refractivity contribution in [2.45, 2.75) is 12.5 Å². The molecule has 0 amide bonds. The minimum absolute atomic E-state index is 0.305. The van der Waals surface area contributed by atoms with Crippen LogP contribution in [0.1, 0.15) is 6.42 Å². The number of hydrogen-bond acceptors (Lipinski definition) is 5. The molecule has 0 aromatic rings. The Morgan fingerprint density at radius 1 is 1.50 bits per heavy atom. The molecule has 1 atom stereocenters. The molecule has 1 saturated heterocycles. The van der Waals surface area contributed by atoms with Gasteiger partial charge in [0.1, 0.15) is 0 Å². The van der Waals surface area contributed by atoms with E-state index in [9.17, 15) is 9.59 Å². The second-order valence-electron chi connectivity index (χ2n) is 1.65. The van der Waals surface area contributed by atoms with Gasteiger partial charge in [-0.1, -0.05) is 0 Å². The Morgan fingerprint density at radius 3 is 2.90 bits per heavy atom. The van der Waals surface area contributed by atoms with Crippen LogP contribution in [-0.4, -0.2) is 38.8 Å². The summed E-state index contributed by atoms with van der Waals surface area (Å²) < 4.78 is 8.68. The molecule has 10 heavy (non-hydrogen) atoms. The predicted octanol–water partition coefficient (Wildman–Crippen LogP) is -1.63. The molecule has 0 aromatic heterocycles. The molecule has 1 fully saturated rings. The van der Waals surface area contributed by atoms with Crippen molar-refractivity contribution in [3.8, 4) is 0 Å². The summed E-state index contributed by atoms with van der Waals surface area (Å²) in [5, 5.41) is 8.76. The van der Waals surface area contributed by atoms with Gasteiger partial charge in [0.15, 0.2) is 0 Å². The number of aliphatic hydroxyl groups is 1. The summed E-state index contributed by atoms with van der Waals surface area (Å²) in [6.07, 6.45) is -1.66. The van der Waals surface area contributed by atoms with E-state index in [1.54, 1.807) is 0 Å². The quantitative estimate of drug-likeness (QED) is 0.487. The molecule has 0 aliphatic carbocycles. The molecule has 1 aliphatic rings. The van der Waals surface area contributed by atoms with Crippen molar-refractivity contribution in [1.82, 2.24) is 0 Å². The molecule has 1 unspecified atom stereocenters. The van der Waals surface area contributed by atoms with Gasteiger partial charge in [-0.05, 0) is 0 Å². The fourth-order valence-corrected chi connectivity index (χ4v) is 1.17. The summed E-state index contributed by atoms with van der Waals surface area (Å²) in [4.78, 5) is 20.9. The Bertz CT molecular complexity index is 167. The van der Waals surface area contributed by atoms with Gasteiger partial charge in [0.25, 0.3) is 0 Å². The SMILES string of the molecule is O=C1CC(O)C(=O)O[Se]O1. The molecule has 1 rings (SSSR count). The van der Waals surface area contributed by atoms with E-state index >= 15 is 0 Å². The van der Waals surface area contributed by atoms with Gasteiger partial charge in [0.05, 0.1) is 0 Å². The molecular formula is C4H4O5Se. The van der Waals surface area contributed by atoms with Gasteiger partial charge in [0, 0.05) is 0 Å². The van der Waals surface area contributed by atoms with Gasteiger partial charge >= 0.3 is 62.4 Å². The van der Waals surface area contributed by atoms with Gasteiger partial charge in [-0.15, -0.1) is 0 Å². The van der Waals surface area contributed by atoms with Crippen molar-refractivity contribution in [1.29, 1.82) is 0 Å². The zero-order chi connectivity index (χ0) is 7.56. The van der Waals surface area contributed by atoms with Crippen LogP contribution >= 0.6 is 0 Å². The van der Waals surface area contributed by atoms with E-state index < -0.39 is 33.7 Å². The molecule has 0 bridgehead atoms. The van der Waals surface area contributed by atoms with Gasteiger partial charge in [-0.3, -0.25) is 0 Å². The van der Waals surface area contributed by atoms with Crippen molar-refractivity contribution in [2.24, 2.45) is 0 Å². The van der Waals surface area contributed by atoms with Crippen LogP contribution in [0.3, 0.4) is 0 Å². The van der Waals surface area contributed by atoms with E-state index in [1.165, 1.54) is 0 Å². The molecule has 1 N–H and O–H groups in total. The van der Waals surface area contributed by atoms with E-state index in [2.05, 4.69) is 7.64 Å². The first kappa shape index (κ1) is 7.53. The normalized spacial score (nSPS) is 26.7. The first-order valence-electron chi connectivity index (χ1n) is 2.46. The van der Waals surface area contributed by atoms with Crippen LogP contribution in [0.4, 0.5) is 0 Å². The Morgan fingerprint density at radius 2 is 2.20 bits per heavy atom. The number of rotatable bonds is 0. The minimum atomic E-state index is -1.35. The number of aliphatic hydroxyl groups excluding tert-OH is 1.